The molecule has 0 amide bonds. The van der Waals surface area contributed by atoms with E-state index in [1.54, 1.807) is 0 Å². The van der Waals surface area contributed by atoms with Gasteiger partial charge in [-0.1, -0.05) is 80.6 Å². The lowest BCUT2D eigenvalue weighted by Gasteiger charge is -2.23. The maximum absolute atomic E-state index is 6.17. The van der Waals surface area contributed by atoms with Crippen LogP contribution in [0.25, 0.3) is 27.8 Å². The van der Waals surface area contributed by atoms with Crippen LogP contribution in [0.15, 0.2) is 103 Å². The topological polar surface area (TPSA) is 9.23 Å². The van der Waals surface area contributed by atoms with Crippen molar-refractivity contribution in [2.75, 3.05) is 0 Å². The molecular weight excluding hydrogens is 412 g/mol. The number of ether oxygens (including phenoxy) is 1. The molecule has 0 heterocycles. The van der Waals surface area contributed by atoms with Crippen molar-refractivity contribution >= 4 is 5.57 Å². The van der Waals surface area contributed by atoms with E-state index in [1.807, 2.05) is 6.07 Å². The first-order chi connectivity index (χ1) is 16.6. The molecule has 34 heavy (non-hydrogen) atoms. The molecule has 0 spiro atoms. The maximum atomic E-state index is 6.17. The van der Waals surface area contributed by atoms with E-state index in [2.05, 4.69) is 105 Å². The van der Waals surface area contributed by atoms with Gasteiger partial charge in [0.25, 0.3) is 0 Å². The minimum Gasteiger partial charge on any atom is -0.462 e. The van der Waals surface area contributed by atoms with Crippen LogP contribution < -0.4 is 4.74 Å². The number of benzene rings is 3. The van der Waals surface area contributed by atoms with Crippen LogP contribution in [0, 0.1) is 0 Å². The van der Waals surface area contributed by atoms with Crippen LogP contribution in [0.1, 0.15) is 56.2 Å². The van der Waals surface area contributed by atoms with Crippen LogP contribution in [0.2, 0.25) is 0 Å². The van der Waals surface area contributed by atoms with Gasteiger partial charge >= 0.3 is 0 Å². The minimum atomic E-state index is -0.0326. The van der Waals surface area contributed by atoms with Gasteiger partial charge in [0.15, 0.2) is 0 Å². The molecule has 3 aromatic rings. The summed E-state index contributed by atoms with van der Waals surface area (Å²) in [5.41, 5.74) is 10.8. The second kappa shape index (κ2) is 8.33. The van der Waals surface area contributed by atoms with Crippen molar-refractivity contribution in [3.8, 4) is 28.0 Å². The van der Waals surface area contributed by atoms with Gasteiger partial charge in [-0.05, 0) is 94.1 Å². The van der Waals surface area contributed by atoms with Gasteiger partial charge in [-0.3, -0.25) is 0 Å². The van der Waals surface area contributed by atoms with Gasteiger partial charge < -0.3 is 4.74 Å². The van der Waals surface area contributed by atoms with E-state index < -0.39 is 0 Å². The summed E-state index contributed by atoms with van der Waals surface area (Å²) in [4.78, 5) is 0. The fourth-order valence-electron chi connectivity index (χ4n) is 5.52. The number of allylic oxidation sites excluding steroid dienone is 8. The Morgan fingerprint density at radius 2 is 1.35 bits per heavy atom. The highest BCUT2D eigenvalue weighted by atomic mass is 16.5. The molecule has 0 aliphatic heterocycles. The lowest BCUT2D eigenvalue weighted by molar-refractivity contribution is 0.403. The molecular formula is C33H30O. The third-order valence-electron chi connectivity index (χ3n) is 7.45. The van der Waals surface area contributed by atoms with Gasteiger partial charge in [-0.25, -0.2) is 0 Å². The third kappa shape index (κ3) is 3.66. The van der Waals surface area contributed by atoms with E-state index in [4.69, 9.17) is 4.74 Å². The molecule has 0 saturated heterocycles. The second-order valence-electron chi connectivity index (χ2n) is 10.0. The molecule has 0 aromatic heterocycles. The highest BCUT2D eigenvalue weighted by molar-refractivity contribution is 5.85. The monoisotopic (exact) mass is 442 g/mol. The first-order valence-corrected chi connectivity index (χ1v) is 12.4. The van der Waals surface area contributed by atoms with Crippen LogP contribution in [0.4, 0.5) is 0 Å². The molecule has 168 valence electrons. The van der Waals surface area contributed by atoms with Crippen LogP contribution in [-0.2, 0) is 5.41 Å². The molecule has 0 saturated carbocycles. The van der Waals surface area contributed by atoms with Crippen molar-refractivity contribution in [2.24, 2.45) is 0 Å². The van der Waals surface area contributed by atoms with Crippen molar-refractivity contribution in [1.29, 1.82) is 0 Å². The molecule has 3 aliphatic carbocycles. The molecule has 3 aromatic carbocycles. The molecule has 0 radical (unpaired) electrons. The number of rotatable bonds is 4. The summed E-state index contributed by atoms with van der Waals surface area (Å²) in [7, 11) is 0. The summed E-state index contributed by atoms with van der Waals surface area (Å²) in [6.07, 6.45) is 17.3. The Labute approximate surface area is 202 Å². The van der Waals surface area contributed by atoms with Gasteiger partial charge in [-0.2, -0.15) is 0 Å². The Balaban J connectivity index is 1.35. The van der Waals surface area contributed by atoms with Crippen molar-refractivity contribution < 1.29 is 4.74 Å². The van der Waals surface area contributed by atoms with Crippen molar-refractivity contribution in [2.45, 2.75) is 44.9 Å². The summed E-state index contributed by atoms with van der Waals surface area (Å²) >= 11 is 0. The maximum Gasteiger partial charge on any atom is 0.127 e. The minimum absolute atomic E-state index is 0.0326. The summed E-state index contributed by atoms with van der Waals surface area (Å²) in [6, 6.07) is 22.5. The van der Waals surface area contributed by atoms with E-state index in [1.165, 1.54) is 44.5 Å². The van der Waals surface area contributed by atoms with Gasteiger partial charge in [-0.15, -0.1) is 0 Å². The largest absolute Gasteiger partial charge is 0.462 e. The summed E-state index contributed by atoms with van der Waals surface area (Å²) in [5, 5.41) is 0. The lowest BCUT2D eigenvalue weighted by Crippen LogP contribution is -2.15. The fourth-order valence-corrected chi connectivity index (χ4v) is 5.52. The zero-order valence-corrected chi connectivity index (χ0v) is 20.0. The van der Waals surface area contributed by atoms with Crippen LogP contribution in [-0.4, -0.2) is 0 Å². The van der Waals surface area contributed by atoms with E-state index >= 15 is 0 Å². The van der Waals surface area contributed by atoms with E-state index in [9.17, 15) is 0 Å². The number of hydrogen-bond acceptors (Lipinski definition) is 1. The van der Waals surface area contributed by atoms with Crippen molar-refractivity contribution in [3.63, 3.8) is 0 Å². The Bertz CT molecular complexity index is 1390. The quantitative estimate of drug-likeness (QED) is 0.392. The average Bonchev–Trinajstić information content (AvgIpc) is 3.11. The highest BCUT2D eigenvalue weighted by Gasteiger charge is 2.36. The zero-order chi connectivity index (χ0) is 23.1. The predicted octanol–water partition coefficient (Wildman–Crippen LogP) is 9.01. The molecule has 3 aliphatic rings. The number of fused-ring (bicyclic) bond motifs is 3. The predicted molar refractivity (Wildman–Crippen MR) is 143 cm³/mol. The lowest BCUT2D eigenvalue weighted by atomic mass is 9.80. The molecule has 0 fully saturated rings. The molecule has 1 heteroatoms. The van der Waals surface area contributed by atoms with E-state index in [0.29, 0.717) is 0 Å². The average molecular weight is 443 g/mol. The van der Waals surface area contributed by atoms with Gasteiger partial charge in [0.2, 0.25) is 0 Å². The molecule has 6 rings (SSSR count). The Kier molecular flexibility index (Phi) is 5.14. The first kappa shape index (κ1) is 21.0. The van der Waals surface area contributed by atoms with E-state index in [-0.39, 0.29) is 5.41 Å². The van der Waals surface area contributed by atoms with Crippen molar-refractivity contribution in [3.05, 3.63) is 120 Å². The Hall–Kier alpha value is -3.58. The SMILES string of the molecule is CC1(C)c2cc(C3=CC=CCC3)ccc2-c2ccc(-c3cccc(OC4=CC=CCC4)c3)cc21. The van der Waals surface area contributed by atoms with E-state index in [0.717, 1.165) is 37.2 Å². The summed E-state index contributed by atoms with van der Waals surface area (Å²) < 4.78 is 6.17. The fraction of sp³-hybridized carbons (Fsp3) is 0.212. The standard InChI is InChI=1S/C33H30O/c1-33(2)31-21-25(23-10-5-3-6-11-23)16-18-29(31)30-19-17-26(22-32(30)33)24-12-9-15-28(20-24)34-27-13-7-4-8-14-27/h3-5,7,9-10,12-13,15-22H,6,8,11,14H2,1-2H3. The molecule has 0 unspecified atom stereocenters. The van der Waals surface area contributed by atoms with Gasteiger partial charge in [0.05, 0.1) is 0 Å². The normalized spacial score (nSPS) is 17.6. The highest BCUT2D eigenvalue weighted by Crippen LogP contribution is 2.50. The second-order valence-corrected chi connectivity index (χ2v) is 10.0. The smallest absolute Gasteiger partial charge is 0.127 e. The van der Waals surface area contributed by atoms with Gasteiger partial charge in [0, 0.05) is 11.8 Å². The van der Waals surface area contributed by atoms with Crippen molar-refractivity contribution in [1.82, 2.24) is 0 Å². The first-order valence-electron chi connectivity index (χ1n) is 12.4. The van der Waals surface area contributed by atoms with Crippen LogP contribution in [0.5, 0.6) is 5.75 Å². The summed E-state index contributed by atoms with van der Waals surface area (Å²) in [6.45, 7) is 4.73. The third-order valence-corrected chi connectivity index (χ3v) is 7.45. The molecule has 0 atom stereocenters. The zero-order valence-electron chi connectivity index (χ0n) is 20.0. The number of hydrogen-bond donors (Lipinski definition) is 0. The molecule has 1 nitrogen and oxygen atoms in total. The Morgan fingerprint density at radius 1 is 0.676 bits per heavy atom. The summed E-state index contributed by atoms with van der Waals surface area (Å²) in [5.74, 6) is 1.94. The van der Waals surface area contributed by atoms with Gasteiger partial charge in [0.1, 0.15) is 11.5 Å². The Morgan fingerprint density at radius 3 is 2.06 bits per heavy atom. The van der Waals surface area contributed by atoms with Crippen LogP contribution in [0.3, 0.4) is 0 Å². The molecule has 0 bridgehead atoms. The van der Waals surface area contributed by atoms with Crippen LogP contribution >= 0.6 is 0 Å². The molecule has 0 N–H and O–H groups in total.